The highest BCUT2D eigenvalue weighted by atomic mass is 32.1. The van der Waals surface area contributed by atoms with Gasteiger partial charge in [0.15, 0.2) is 0 Å². The number of benzene rings is 1. The summed E-state index contributed by atoms with van der Waals surface area (Å²) in [6.07, 6.45) is 0. The predicted molar refractivity (Wildman–Crippen MR) is 84.0 cm³/mol. The molecule has 110 valence electrons. The molecule has 1 aliphatic rings. The van der Waals surface area contributed by atoms with Crippen LogP contribution in [0.3, 0.4) is 0 Å². The van der Waals surface area contributed by atoms with E-state index in [-0.39, 0.29) is 10.6 Å². The molecule has 2 heterocycles. The molecule has 1 N–H and O–H groups in total. The molecule has 1 fully saturated rings. The fourth-order valence-corrected chi connectivity index (χ4v) is 3.48. The molecule has 1 aliphatic heterocycles. The number of nitrogens with zero attached hydrogens (tertiary/aromatic N) is 2. The molecule has 1 aromatic heterocycles. The minimum atomic E-state index is -0.354. The summed E-state index contributed by atoms with van der Waals surface area (Å²) in [4.78, 5) is 15.7. The number of nitrogens with one attached hydrogen (secondary N) is 1. The predicted octanol–water partition coefficient (Wildman–Crippen LogP) is 1.56. The lowest BCUT2D eigenvalue weighted by Crippen LogP contribution is -3.13. The van der Waals surface area contributed by atoms with Crippen molar-refractivity contribution < 1.29 is 9.82 Å². The third-order valence-corrected chi connectivity index (χ3v) is 4.78. The van der Waals surface area contributed by atoms with Crippen LogP contribution in [0.15, 0.2) is 41.8 Å². The van der Waals surface area contributed by atoms with Crippen molar-refractivity contribution in [1.82, 2.24) is 0 Å². The number of quaternary nitrogens is 1. The van der Waals surface area contributed by atoms with Crippen molar-refractivity contribution in [3.63, 3.8) is 0 Å². The van der Waals surface area contributed by atoms with Crippen LogP contribution in [0.4, 0.5) is 11.4 Å². The van der Waals surface area contributed by atoms with Gasteiger partial charge in [-0.05, 0) is 23.6 Å². The van der Waals surface area contributed by atoms with Crippen LogP contribution in [-0.2, 0) is 6.54 Å². The maximum atomic E-state index is 10.7. The molecule has 0 bridgehead atoms. The minimum absolute atomic E-state index is 0.153. The van der Waals surface area contributed by atoms with E-state index in [1.165, 1.54) is 4.88 Å². The van der Waals surface area contributed by atoms with E-state index in [1.807, 2.05) is 23.5 Å². The number of hydrogen-bond acceptors (Lipinski definition) is 4. The van der Waals surface area contributed by atoms with Crippen LogP contribution >= 0.6 is 11.3 Å². The first-order chi connectivity index (χ1) is 10.2. The lowest BCUT2D eigenvalue weighted by molar-refractivity contribution is -0.914. The summed E-state index contributed by atoms with van der Waals surface area (Å²) in [6, 6.07) is 11.2. The monoisotopic (exact) mass is 304 g/mol. The first-order valence-electron chi connectivity index (χ1n) is 7.08. The summed E-state index contributed by atoms with van der Waals surface area (Å²) in [5.74, 6) is 0. The molecule has 6 heteroatoms. The molecule has 1 saturated heterocycles. The topological polar surface area (TPSA) is 50.8 Å². The van der Waals surface area contributed by atoms with Gasteiger partial charge in [0.05, 0.1) is 36.0 Å². The Morgan fingerprint density at radius 3 is 2.48 bits per heavy atom. The molecular formula is C15H18N3O2S+. The van der Waals surface area contributed by atoms with Crippen LogP contribution in [0, 0.1) is 10.1 Å². The zero-order valence-corrected chi connectivity index (χ0v) is 12.5. The molecule has 5 nitrogen and oxygen atoms in total. The second-order valence-corrected chi connectivity index (χ2v) is 6.30. The highest BCUT2D eigenvalue weighted by molar-refractivity contribution is 7.09. The van der Waals surface area contributed by atoms with Crippen LogP contribution in [0.25, 0.3) is 0 Å². The van der Waals surface area contributed by atoms with Crippen LogP contribution < -0.4 is 9.80 Å². The lowest BCUT2D eigenvalue weighted by atomic mass is 10.2. The molecule has 3 rings (SSSR count). The maximum Gasteiger partial charge on any atom is 0.269 e. The van der Waals surface area contributed by atoms with Crippen LogP contribution in [0.1, 0.15) is 4.88 Å². The van der Waals surface area contributed by atoms with Crippen molar-refractivity contribution in [2.45, 2.75) is 6.54 Å². The smallest absolute Gasteiger partial charge is 0.269 e. The van der Waals surface area contributed by atoms with Gasteiger partial charge >= 0.3 is 0 Å². The van der Waals surface area contributed by atoms with Crippen LogP contribution in [-0.4, -0.2) is 31.1 Å². The Labute approximate surface area is 127 Å². The van der Waals surface area contributed by atoms with Crippen molar-refractivity contribution in [1.29, 1.82) is 0 Å². The molecule has 0 spiro atoms. The third kappa shape index (κ3) is 3.40. The van der Waals surface area contributed by atoms with Gasteiger partial charge in [0.1, 0.15) is 6.54 Å². The Hall–Kier alpha value is -1.92. The summed E-state index contributed by atoms with van der Waals surface area (Å²) in [5, 5.41) is 12.8. The molecule has 21 heavy (non-hydrogen) atoms. The third-order valence-electron chi connectivity index (χ3n) is 3.90. The van der Waals surface area contributed by atoms with Gasteiger partial charge in [-0.1, -0.05) is 6.07 Å². The van der Waals surface area contributed by atoms with E-state index in [9.17, 15) is 10.1 Å². The number of non-ortho nitro benzene ring substituents is 1. The average molecular weight is 304 g/mol. The zero-order chi connectivity index (χ0) is 14.7. The Bertz CT molecular complexity index is 590. The van der Waals surface area contributed by atoms with E-state index in [0.717, 1.165) is 38.4 Å². The second kappa shape index (κ2) is 6.24. The van der Waals surface area contributed by atoms with Crippen molar-refractivity contribution >= 4 is 22.7 Å². The Kier molecular flexibility index (Phi) is 4.17. The van der Waals surface area contributed by atoms with E-state index < -0.39 is 0 Å². The van der Waals surface area contributed by atoms with Gasteiger partial charge in [0, 0.05) is 17.8 Å². The molecule has 2 aromatic rings. The average Bonchev–Trinajstić information content (AvgIpc) is 3.01. The Morgan fingerprint density at radius 2 is 1.90 bits per heavy atom. The van der Waals surface area contributed by atoms with Gasteiger partial charge in [-0.15, -0.1) is 11.3 Å². The SMILES string of the molecule is O=[N+]([O-])c1ccc(N2CC[NH+](Cc3cccs3)CC2)cc1. The molecule has 0 unspecified atom stereocenters. The van der Waals surface area contributed by atoms with E-state index >= 15 is 0 Å². The van der Waals surface area contributed by atoms with Gasteiger partial charge in [-0.25, -0.2) is 0 Å². The van der Waals surface area contributed by atoms with Crippen LogP contribution in [0.5, 0.6) is 0 Å². The second-order valence-electron chi connectivity index (χ2n) is 5.27. The van der Waals surface area contributed by atoms with Crippen molar-refractivity contribution in [3.8, 4) is 0 Å². The summed E-state index contributed by atoms with van der Waals surface area (Å²) in [5.41, 5.74) is 1.23. The standard InChI is InChI=1S/C15H17N3O2S/c19-18(20)14-5-3-13(4-6-14)17-9-7-16(8-10-17)12-15-2-1-11-21-15/h1-6,11H,7-10,12H2/p+1. The molecular weight excluding hydrogens is 286 g/mol. The fraction of sp³-hybridized carbons (Fsp3) is 0.333. The van der Waals surface area contributed by atoms with Crippen LogP contribution in [0.2, 0.25) is 0 Å². The van der Waals surface area contributed by atoms with Gasteiger partial charge in [-0.3, -0.25) is 10.1 Å². The molecule has 1 aromatic carbocycles. The first kappa shape index (κ1) is 14.0. The zero-order valence-electron chi connectivity index (χ0n) is 11.7. The van der Waals surface area contributed by atoms with E-state index in [4.69, 9.17) is 0 Å². The van der Waals surface area contributed by atoms with E-state index in [2.05, 4.69) is 22.4 Å². The highest BCUT2D eigenvalue weighted by Crippen LogP contribution is 2.19. The lowest BCUT2D eigenvalue weighted by Gasteiger charge is -2.33. The van der Waals surface area contributed by atoms with Gasteiger partial charge in [0.25, 0.3) is 5.69 Å². The quantitative estimate of drug-likeness (QED) is 0.689. The fourth-order valence-electron chi connectivity index (χ4n) is 2.70. The normalized spacial score (nSPS) is 16.1. The summed E-state index contributed by atoms with van der Waals surface area (Å²) in [7, 11) is 0. The number of hydrogen-bond donors (Lipinski definition) is 1. The first-order valence-corrected chi connectivity index (χ1v) is 7.96. The molecule has 0 amide bonds. The maximum absolute atomic E-state index is 10.7. The molecule has 0 aliphatic carbocycles. The molecule has 0 saturated carbocycles. The number of nitro groups is 1. The minimum Gasteiger partial charge on any atom is -0.360 e. The largest absolute Gasteiger partial charge is 0.360 e. The van der Waals surface area contributed by atoms with Gasteiger partial charge in [-0.2, -0.15) is 0 Å². The number of nitro benzene ring substituents is 1. The number of piperazine rings is 1. The Balaban J connectivity index is 1.56. The van der Waals surface area contributed by atoms with Crippen molar-refractivity contribution in [3.05, 3.63) is 56.8 Å². The molecule has 0 atom stereocenters. The summed E-state index contributed by atoms with van der Waals surface area (Å²) < 4.78 is 0. The van der Waals surface area contributed by atoms with Crippen molar-refractivity contribution in [2.24, 2.45) is 0 Å². The van der Waals surface area contributed by atoms with E-state index in [0.29, 0.717) is 0 Å². The highest BCUT2D eigenvalue weighted by Gasteiger charge is 2.21. The Morgan fingerprint density at radius 1 is 1.19 bits per heavy atom. The number of thiophene rings is 1. The van der Waals surface area contributed by atoms with E-state index in [1.54, 1.807) is 17.0 Å². The summed E-state index contributed by atoms with van der Waals surface area (Å²) in [6.45, 7) is 5.31. The van der Waals surface area contributed by atoms with Gasteiger partial charge in [0.2, 0.25) is 0 Å². The van der Waals surface area contributed by atoms with Gasteiger partial charge < -0.3 is 9.80 Å². The molecule has 0 radical (unpaired) electrons. The van der Waals surface area contributed by atoms with Crippen molar-refractivity contribution in [2.75, 3.05) is 31.1 Å². The number of rotatable bonds is 4. The summed E-state index contributed by atoms with van der Waals surface area (Å²) >= 11 is 1.82. The number of anilines is 1.